The van der Waals surface area contributed by atoms with Gasteiger partial charge in [-0.25, -0.2) is 0 Å². The maximum atomic E-state index is 5.34. The number of allylic oxidation sites excluding steroid dienone is 2. The van der Waals surface area contributed by atoms with Gasteiger partial charge in [0.15, 0.2) is 0 Å². The normalized spacial score (nSPS) is 9.13. The van der Waals surface area contributed by atoms with E-state index in [0.717, 1.165) is 31.8 Å². The van der Waals surface area contributed by atoms with E-state index in [1.807, 2.05) is 19.9 Å². The van der Waals surface area contributed by atoms with Crippen LogP contribution in [0.4, 0.5) is 0 Å². The fourth-order valence-electron chi connectivity index (χ4n) is 0.762. The summed E-state index contributed by atoms with van der Waals surface area (Å²) < 4.78 is 5.30. The van der Waals surface area contributed by atoms with E-state index in [1.54, 1.807) is 0 Å². The molecule has 0 heterocycles. The third-order valence-electron chi connectivity index (χ3n) is 1.28. The summed E-state index contributed by atoms with van der Waals surface area (Å²) in [4.78, 5) is 0. The second kappa shape index (κ2) is 23.1. The lowest BCUT2D eigenvalue weighted by Gasteiger charge is -2.05. The van der Waals surface area contributed by atoms with Crippen LogP contribution in [0.15, 0.2) is 11.8 Å². The van der Waals surface area contributed by atoms with E-state index < -0.39 is 0 Å². The van der Waals surface area contributed by atoms with Crippen LogP contribution in [0.2, 0.25) is 0 Å². The van der Waals surface area contributed by atoms with Crippen molar-refractivity contribution in [3.8, 4) is 12.8 Å². The van der Waals surface area contributed by atoms with Gasteiger partial charge in [-0.1, -0.05) is 20.3 Å². The van der Waals surface area contributed by atoms with Gasteiger partial charge in [0.2, 0.25) is 0 Å². The van der Waals surface area contributed by atoms with Crippen LogP contribution in [0.5, 0.6) is 0 Å². The molecule has 2 nitrogen and oxygen atoms in total. The molecule has 0 aromatic carbocycles. The summed E-state index contributed by atoms with van der Waals surface area (Å²) in [6, 6.07) is 0. The molecule has 0 amide bonds. The molecule has 0 saturated heterocycles. The average Bonchev–Trinajstić information content (AvgIpc) is 2.28. The molecule has 0 aliphatic rings. The van der Waals surface area contributed by atoms with Gasteiger partial charge in [-0.15, -0.1) is 12.8 Å². The minimum atomic E-state index is 0.740. The quantitative estimate of drug-likeness (QED) is 0.561. The van der Waals surface area contributed by atoms with E-state index in [1.165, 1.54) is 6.42 Å². The SMILES string of the molecule is C#C.C/C=C(/CCCN)OCC.CCC. The molecule has 0 rings (SSSR count). The largest absolute Gasteiger partial charge is 0.499 e. The van der Waals surface area contributed by atoms with Crippen LogP contribution >= 0.6 is 0 Å². The number of hydrogen-bond donors (Lipinski definition) is 1. The van der Waals surface area contributed by atoms with Gasteiger partial charge >= 0.3 is 0 Å². The molecule has 0 aromatic heterocycles. The van der Waals surface area contributed by atoms with Crippen LogP contribution in [0.1, 0.15) is 47.0 Å². The Morgan fingerprint density at radius 2 is 1.73 bits per heavy atom. The lowest BCUT2D eigenvalue weighted by atomic mass is 10.2. The fourth-order valence-corrected chi connectivity index (χ4v) is 0.762. The molecule has 2 N–H and O–H groups in total. The molecule has 0 aromatic rings. The van der Waals surface area contributed by atoms with E-state index >= 15 is 0 Å². The number of rotatable bonds is 5. The topological polar surface area (TPSA) is 35.2 Å². The van der Waals surface area contributed by atoms with E-state index in [2.05, 4.69) is 26.7 Å². The molecule has 0 spiro atoms. The Morgan fingerprint density at radius 1 is 1.27 bits per heavy atom. The van der Waals surface area contributed by atoms with Crippen molar-refractivity contribution < 1.29 is 4.74 Å². The molecule has 90 valence electrons. The lowest BCUT2D eigenvalue weighted by Crippen LogP contribution is -2.00. The van der Waals surface area contributed by atoms with E-state index in [0.29, 0.717) is 0 Å². The van der Waals surface area contributed by atoms with Crippen molar-refractivity contribution >= 4 is 0 Å². The minimum Gasteiger partial charge on any atom is -0.499 e. The van der Waals surface area contributed by atoms with Gasteiger partial charge in [0.1, 0.15) is 0 Å². The summed E-state index contributed by atoms with van der Waals surface area (Å²) in [5.41, 5.74) is 5.34. The molecule has 15 heavy (non-hydrogen) atoms. The number of nitrogens with two attached hydrogens (primary N) is 1. The van der Waals surface area contributed by atoms with Crippen molar-refractivity contribution in [2.75, 3.05) is 13.2 Å². The standard InChI is InChI=1S/C8H17NO.C3H8.C2H2/c1-3-8(10-4-2)6-5-7-9;1-3-2;1-2/h3H,4-7,9H2,1-2H3;3H2,1-2H3;1-2H/b8-3-;;. The third-order valence-corrected chi connectivity index (χ3v) is 1.28. The number of ether oxygens (including phenoxy) is 1. The Labute approximate surface area is 95.9 Å². The van der Waals surface area contributed by atoms with Crippen molar-refractivity contribution in [1.82, 2.24) is 0 Å². The summed E-state index contributed by atoms with van der Waals surface area (Å²) in [5.74, 6) is 1.06. The van der Waals surface area contributed by atoms with Crippen LogP contribution in [-0.4, -0.2) is 13.2 Å². The Morgan fingerprint density at radius 3 is 2.00 bits per heavy atom. The maximum Gasteiger partial charge on any atom is 0.0917 e. The second-order valence-electron chi connectivity index (χ2n) is 2.79. The summed E-state index contributed by atoms with van der Waals surface area (Å²) >= 11 is 0. The number of hydrogen-bond acceptors (Lipinski definition) is 2. The first-order valence-corrected chi connectivity index (χ1v) is 5.58. The molecule has 0 saturated carbocycles. The highest BCUT2D eigenvalue weighted by Gasteiger charge is 1.92. The second-order valence-corrected chi connectivity index (χ2v) is 2.79. The van der Waals surface area contributed by atoms with Gasteiger partial charge in [0, 0.05) is 6.42 Å². The predicted molar refractivity (Wildman–Crippen MR) is 69.5 cm³/mol. The molecule has 0 fully saturated rings. The average molecular weight is 213 g/mol. The third kappa shape index (κ3) is 24.6. The molecule has 2 heteroatoms. The highest BCUT2D eigenvalue weighted by atomic mass is 16.5. The number of terminal acetylenes is 1. The first-order chi connectivity index (χ1) is 7.26. The van der Waals surface area contributed by atoms with Gasteiger partial charge in [-0.2, -0.15) is 0 Å². The molecule has 0 bridgehead atoms. The molecular weight excluding hydrogens is 186 g/mol. The van der Waals surface area contributed by atoms with E-state index in [-0.39, 0.29) is 0 Å². The van der Waals surface area contributed by atoms with Gasteiger partial charge in [0.05, 0.1) is 12.4 Å². The maximum absolute atomic E-state index is 5.34. The minimum absolute atomic E-state index is 0.740. The Hall–Kier alpha value is -0.940. The molecule has 0 aliphatic carbocycles. The van der Waals surface area contributed by atoms with Crippen molar-refractivity contribution in [2.45, 2.75) is 47.0 Å². The van der Waals surface area contributed by atoms with Crippen LogP contribution in [0, 0.1) is 12.8 Å². The van der Waals surface area contributed by atoms with Crippen LogP contribution in [0.3, 0.4) is 0 Å². The Balaban J connectivity index is -0.000000245. The monoisotopic (exact) mass is 213 g/mol. The van der Waals surface area contributed by atoms with Gasteiger partial charge in [0.25, 0.3) is 0 Å². The van der Waals surface area contributed by atoms with Crippen molar-refractivity contribution in [2.24, 2.45) is 5.73 Å². The molecular formula is C13H27NO. The molecule has 0 aliphatic heterocycles. The van der Waals surface area contributed by atoms with E-state index in [4.69, 9.17) is 10.5 Å². The summed E-state index contributed by atoms with van der Waals surface area (Å²) in [5, 5.41) is 0. The zero-order valence-corrected chi connectivity index (χ0v) is 10.8. The van der Waals surface area contributed by atoms with Gasteiger partial charge < -0.3 is 10.5 Å². The van der Waals surface area contributed by atoms with Crippen molar-refractivity contribution in [1.29, 1.82) is 0 Å². The highest BCUT2D eigenvalue weighted by Crippen LogP contribution is 2.04. The summed E-state index contributed by atoms with van der Waals surface area (Å²) in [6.07, 6.45) is 13.2. The zero-order valence-electron chi connectivity index (χ0n) is 10.8. The Bertz CT molecular complexity index is 139. The Kier molecular flexibility index (Phi) is 30.2. The molecule has 0 atom stereocenters. The van der Waals surface area contributed by atoms with Crippen LogP contribution in [0.25, 0.3) is 0 Å². The van der Waals surface area contributed by atoms with E-state index in [9.17, 15) is 0 Å². The van der Waals surface area contributed by atoms with Gasteiger partial charge in [-0.3, -0.25) is 0 Å². The zero-order chi connectivity index (χ0) is 12.5. The smallest absolute Gasteiger partial charge is 0.0917 e. The summed E-state index contributed by atoms with van der Waals surface area (Å²) in [7, 11) is 0. The summed E-state index contributed by atoms with van der Waals surface area (Å²) in [6.45, 7) is 9.72. The van der Waals surface area contributed by atoms with Gasteiger partial charge in [-0.05, 0) is 32.9 Å². The van der Waals surface area contributed by atoms with Crippen molar-refractivity contribution in [3.05, 3.63) is 11.8 Å². The first-order valence-electron chi connectivity index (χ1n) is 5.58. The lowest BCUT2D eigenvalue weighted by molar-refractivity contribution is 0.217. The van der Waals surface area contributed by atoms with Crippen molar-refractivity contribution in [3.63, 3.8) is 0 Å². The first kappa shape index (κ1) is 19.6. The molecule has 0 radical (unpaired) electrons. The van der Waals surface area contributed by atoms with Crippen LogP contribution in [-0.2, 0) is 4.74 Å². The fraction of sp³-hybridized carbons (Fsp3) is 0.692. The predicted octanol–water partition coefficient (Wildman–Crippen LogP) is 3.33. The molecule has 0 unspecified atom stereocenters. The van der Waals surface area contributed by atoms with Crippen LogP contribution < -0.4 is 5.73 Å². The highest BCUT2D eigenvalue weighted by molar-refractivity contribution is 4.89.